The van der Waals surface area contributed by atoms with E-state index >= 15 is 0 Å². The van der Waals surface area contributed by atoms with Gasteiger partial charge in [0.2, 0.25) is 5.91 Å². The first-order chi connectivity index (χ1) is 22.5. The van der Waals surface area contributed by atoms with Crippen LogP contribution in [-0.2, 0) is 19.1 Å². The number of allylic oxidation sites excluding steroid dienone is 2. The molecule has 1 aliphatic heterocycles. The number of rotatable bonds is 3. The number of ketones is 1. The Morgan fingerprint density at radius 2 is 1.67 bits per heavy atom. The lowest BCUT2D eigenvalue weighted by Crippen LogP contribution is -2.67. The first-order valence-electron chi connectivity index (χ1n) is 19.1. The van der Waals surface area contributed by atoms with Crippen molar-refractivity contribution in [3.05, 3.63) is 41.7 Å². The van der Waals surface area contributed by atoms with Crippen molar-refractivity contribution in [2.75, 3.05) is 6.54 Å². The predicted molar refractivity (Wildman–Crippen MR) is 188 cm³/mol. The van der Waals surface area contributed by atoms with Crippen LogP contribution in [0.25, 0.3) is 0 Å². The number of ether oxygens (including phenoxy) is 1. The lowest BCUT2D eigenvalue weighted by molar-refractivity contribution is -0.210. The SMILES string of the molecule is CC(=O)O[C@@H]1CC[C@]2(C)[C@H](CC[C@]3(C)[C@@H]2C(=O)C=C2[C@@H]4C[C@](C)(C(=O)N5CCCC[C@@H]5c5cccnc5)CC[C@@]4(C)CC[C@]23C)C1(C)C. The Kier molecular flexibility index (Phi) is 7.96. The molecule has 4 saturated carbocycles. The Hall–Kier alpha value is -2.50. The third kappa shape index (κ3) is 4.76. The zero-order chi connectivity index (χ0) is 34.5. The van der Waals surface area contributed by atoms with E-state index < -0.39 is 5.41 Å². The van der Waals surface area contributed by atoms with Crippen molar-refractivity contribution < 1.29 is 19.1 Å². The molecule has 5 fully saturated rings. The Labute approximate surface area is 289 Å². The average Bonchev–Trinajstić information content (AvgIpc) is 3.04. The molecule has 0 bridgehead atoms. The molecule has 6 heteroatoms. The van der Waals surface area contributed by atoms with Gasteiger partial charge in [0.1, 0.15) is 6.10 Å². The van der Waals surface area contributed by atoms with Gasteiger partial charge in [-0.05, 0) is 128 Å². The zero-order valence-corrected chi connectivity index (χ0v) is 31.0. The number of fused-ring (bicyclic) bond motifs is 7. The summed E-state index contributed by atoms with van der Waals surface area (Å²) in [4.78, 5) is 48.3. The first kappa shape index (κ1) is 34.0. The van der Waals surface area contributed by atoms with Crippen LogP contribution in [0, 0.1) is 50.2 Å². The first-order valence-corrected chi connectivity index (χ1v) is 19.1. The highest BCUT2D eigenvalue weighted by atomic mass is 16.5. The maximum Gasteiger partial charge on any atom is 0.302 e. The second-order valence-corrected chi connectivity index (χ2v) is 19.0. The molecule has 0 unspecified atom stereocenters. The molecule has 0 N–H and O–H groups in total. The number of aromatic nitrogens is 1. The monoisotopic (exact) mass is 656 g/mol. The van der Waals surface area contributed by atoms with Crippen LogP contribution in [0.2, 0.25) is 0 Å². The van der Waals surface area contributed by atoms with Gasteiger partial charge in [-0.25, -0.2) is 0 Å². The summed E-state index contributed by atoms with van der Waals surface area (Å²) in [6, 6.07) is 4.21. The van der Waals surface area contributed by atoms with Gasteiger partial charge in [-0.2, -0.15) is 0 Å². The fourth-order valence-electron chi connectivity index (χ4n) is 13.2. The van der Waals surface area contributed by atoms with Crippen LogP contribution in [0.1, 0.15) is 144 Å². The lowest BCUT2D eigenvalue weighted by Gasteiger charge is -2.70. The maximum atomic E-state index is 14.8. The normalized spacial score (nSPS) is 45.1. The maximum absolute atomic E-state index is 14.8. The summed E-state index contributed by atoms with van der Waals surface area (Å²) in [6.07, 6.45) is 17.7. The van der Waals surface area contributed by atoms with E-state index in [1.807, 2.05) is 18.5 Å². The number of carbonyl (C=O) groups excluding carboxylic acids is 3. The zero-order valence-electron chi connectivity index (χ0n) is 31.0. The predicted octanol–water partition coefficient (Wildman–Crippen LogP) is 9.05. The molecule has 0 radical (unpaired) electrons. The van der Waals surface area contributed by atoms with Crippen LogP contribution in [-0.4, -0.2) is 40.2 Å². The van der Waals surface area contributed by atoms with Crippen LogP contribution < -0.4 is 0 Å². The van der Waals surface area contributed by atoms with Crippen molar-refractivity contribution in [3.8, 4) is 0 Å². The van der Waals surface area contributed by atoms with Gasteiger partial charge in [-0.15, -0.1) is 0 Å². The molecule has 10 atom stereocenters. The molecule has 2 heterocycles. The fraction of sp³-hybridized carbons (Fsp3) is 0.762. The van der Waals surface area contributed by atoms with Gasteiger partial charge in [0, 0.05) is 42.6 Å². The standard InChI is InChI=1S/C42H60N2O4/c1-27(45)48-34-15-16-40(6)33(37(34,2)3)14-17-42(8)35(40)32(46)24-29-30-25-39(5,19-18-38(30,4)20-21-41(29,42)7)36(47)44-23-10-9-13-31(44)28-12-11-22-43-26-28/h11-12,22,24,26,30-31,33-35H,9-10,13-21,23,25H2,1-8H3/t30-,31+,33+,34+,35+,38-,39+,40+,41+,42+/m0/s1. The van der Waals surface area contributed by atoms with Gasteiger partial charge in [0.15, 0.2) is 5.78 Å². The van der Waals surface area contributed by atoms with E-state index in [1.54, 1.807) is 0 Å². The molecule has 1 saturated heterocycles. The number of amides is 1. The summed E-state index contributed by atoms with van der Waals surface area (Å²) in [6.45, 7) is 18.9. The van der Waals surface area contributed by atoms with Gasteiger partial charge in [0.05, 0.1) is 6.04 Å². The largest absolute Gasteiger partial charge is 0.462 e. The minimum Gasteiger partial charge on any atom is -0.462 e. The van der Waals surface area contributed by atoms with Gasteiger partial charge in [-0.1, -0.05) is 60.1 Å². The molecule has 5 aliphatic carbocycles. The van der Waals surface area contributed by atoms with Crippen molar-refractivity contribution in [1.82, 2.24) is 9.88 Å². The minimum absolute atomic E-state index is 0.0513. The molecule has 48 heavy (non-hydrogen) atoms. The molecule has 262 valence electrons. The van der Waals surface area contributed by atoms with Gasteiger partial charge >= 0.3 is 5.97 Å². The smallest absolute Gasteiger partial charge is 0.302 e. The molecular weight excluding hydrogens is 596 g/mol. The number of piperidine rings is 1. The number of hydrogen-bond donors (Lipinski definition) is 0. The number of pyridine rings is 1. The summed E-state index contributed by atoms with van der Waals surface area (Å²) >= 11 is 0. The minimum atomic E-state index is -0.454. The number of esters is 1. The molecular formula is C42H60N2O4. The van der Waals surface area contributed by atoms with Crippen molar-refractivity contribution in [2.45, 2.75) is 145 Å². The fourth-order valence-corrected chi connectivity index (χ4v) is 13.2. The van der Waals surface area contributed by atoms with Gasteiger partial charge < -0.3 is 9.64 Å². The highest BCUT2D eigenvalue weighted by Gasteiger charge is 2.70. The second-order valence-electron chi connectivity index (χ2n) is 19.0. The Bertz CT molecular complexity index is 1520. The lowest BCUT2D eigenvalue weighted by atomic mass is 9.33. The molecule has 1 aromatic rings. The highest BCUT2D eigenvalue weighted by Crippen LogP contribution is 2.75. The Balaban J connectivity index is 1.22. The third-order valence-electron chi connectivity index (χ3n) is 16.2. The third-order valence-corrected chi connectivity index (χ3v) is 16.2. The van der Waals surface area contributed by atoms with Crippen molar-refractivity contribution in [3.63, 3.8) is 0 Å². The Morgan fingerprint density at radius 3 is 2.38 bits per heavy atom. The van der Waals surface area contributed by atoms with E-state index in [-0.39, 0.29) is 57.0 Å². The van der Waals surface area contributed by atoms with E-state index in [1.165, 1.54) is 12.5 Å². The number of nitrogens with zero attached hydrogens (tertiary/aromatic N) is 2. The van der Waals surface area contributed by atoms with Crippen molar-refractivity contribution in [2.24, 2.45) is 50.2 Å². The Morgan fingerprint density at radius 1 is 0.917 bits per heavy atom. The quantitative estimate of drug-likeness (QED) is 0.304. The molecule has 1 amide bonds. The summed E-state index contributed by atoms with van der Waals surface area (Å²) in [7, 11) is 0. The summed E-state index contributed by atoms with van der Waals surface area (Å²) in [5, 5.41) is 0. The number of likely N-dealkylation sites (tertiary alicyclic amines) is 1. The average molecular weight is 657 g/mol. The van der Waals surface area contributed by atoms with Gasteiger partial charge in [-0.3, -0.25) is 19.4 Å². The van der Waals surface area contributed by atoms with Crippen LogP contribution in [0.4, 0.5) is 0 Å². The van der Waals surface area contributed by atoms with Crippen molar-refractivity contribution >= 4 is 17.7 Å². The molecule has 6 nitrogen and oxygen atoms in total. The van der Waals surface area contributed by atoms with E-state index in [0.717, 1.165) is 89.2 Å². The molecule has 0 aromatic carbocycles. The van der Waals surface area contributed by atoms with Crippen LogP contribution >= 0.6 is 0 Å². The van der Waals surface area contributed by atoms with E-state index in [4.69, 9.17) is 4.74 Å². The second kappa shape index (κ2) is 11.3. The number of carbonyl (C=O) groups is 3. The summed E-state index contributed by atoms with van der Waals surface area (Å²) in [5.41, 5.74) is 1.57. The van der Waals surface area contributed by atoms with E-state index in [0.29, 0.717) is 17.6 Å². The highest BCUT2D eigenvalue weighted by molar-refractivity contribution is 5.96. The number of hydrogen-bond acceptors (Lipinski definition) is 5. The van der Waals surface area contributed by atoms with Crippen LogP contribution in [0.5, 0.6) is 0 Å². The van der Waals surface area contributed by atoms with Crippen LogP contribution in [0.3, 0.4) is 0 Å². The van der Waals surface area contributed by atoms with Crippen molar-refractivity contribution in [1.29, 1.82) is 0 Å². The van der Waals surface area contributed by atoms with Crippen LogP contribution in [0.15, 0.2) is 36.2 Å². The van der Waals surface area contributed by atoms with E-state index in [9.17, 15) is 14.4 Å². The molecule has 1 aromatic heterocycles. The summed E-state index contributed by atoms with van der Waals surface area (Å²) in [5.74, 6) is 0.896. The summed E-state index contributed by atoms with van der Waals surface area (Å²) < 4.78 is 5.91. The van der Waals surface area contributed by atoms with E-state index in [2.05, 4.69) is 70.5 Å². The van der Waals surface area contributed by atoms with Gasteiger partial charge in [0.25, 0.3) is 0 Å². The molecule has 0 spiro atoms. The molecule has 6 aliphatic rings. The topological polar surface area (TPSA) is 76.6 Å². The molecule has 7 rings (SSSR count).